The van der Waals surface area contributed by atoms with Crippen molar-refractivity contribution in [3.8, 4) is 0 Å². The number of nitrogens with two attached hydrogens (primary N) is 1. The summed E-state index contributed by atoms with van der Waals surface area (Å²) in [6, 6.07) is 3.18. The van der Waals surface area contributed by atoms with E-state index in [9.17, 15) is 0 Å². The molecule has 1 aromatic heterocycles. The monoisotopic (exact) mass is 302 g/mol. The summed E-state index contributed by atoms with van der Waals surface area (Å²) >= 11 is 0. The molecule has 4 atom stereocenters. The Hall–Kier alpha value is -1.56. The second-order valence-corrected chi connectivity index (χ2v) is 7.12. The van der Waals surface area contributed by atoms with E-state index in [1.54, 1.807) is 0 Å². The third kappa shape index (κ3) is 2.60. The molecule has 0 aromatic carbocycles. The highest BCUT2D eigenvalue weighted by molar-refractivity contribution is 5.54. The molecule has 4 N–H and O–H groups in total. The van der Waals surface area contributed by atoms with Crippen molar-refractivity contribution in [2.75, 3.05) is 36.1 Å². The number of anilines is 3. The van der Waals surface area contributed by atoms with E-state index < -0.39 is 0 Å². The van der Waals surface area contributed by atoms with Crippen LogP contribution < -0.4 is 21.3 Å². The molecule has 22 heavy (non-hydrogen) atoms. The van der Waals surface area contributed by atoms with Gasteiger partial charge in [0.05, 0.1) is 0 Å². The molecule has 0 spiro atoms. The molecule has 6 heteroatoms. The first kappa shape index (κ1) is 14.1. The van der Waals surface area contributed by atoms with E-state index in [4.69, 9.17) is 5.73 Å². The highest BCUT2D eigenvalue weighted by atomic mass is 15.3. The van der Waals surface area contributed by atoms with E-state index in [-0.39, 0.29) is 0 Å². The van der Waals surface area contributed by atoms with E-state index in [1.165, 1.54) is 25.7 Å². The van der Waals surface area contributed by atoms with Crippen LogP contribution in [-0.2, 0) is 0 Å². The predicted octanol–water partition coefficient (Wildman–Crippen LogP) is 1.46. The van der Waals surface area contributed by atoms with Gasteiger partial charge in [-0.2, -0.15) is 9.97 Å². The zero-order valence-corrected chi connectivity index (χ0v) is 13.3. The summed E-state index contributed by atoms with van der Waals surface area (Å²) < 4.78 is 0. The van der Waals surface area contributed by atoms with Crippen LogP contribution >= 0.6 is 0 Å². The van der Waals surface area contributed by atoms with Gasteiger partial charge in [-0.25, -0.2) is 0 Å². The fourth-order valence-corrected chi connectivity index (χ4v) is 4.50. The van der Waals surface area contributed by atoms with Gasteiger partial charge in [-0.05, 0) is 44.6 Å². The lowest BCUT2D eigenvalue weighted by molar-refractivity contribution is 0.439. The van der Waals surface area contributed by atoms with E-state index in [1.807, 2.05) is 7.05 Å². The van der Waals surface area contributed by atoms with Gasteiger partial charge in [0, 0.05) is 31.2 Å². The van der Waals surface area contributed by atoms with Gasteiger partial charge in [0.15, 0.2) is 0 Å². The van der Waals surface area contributed by atoms with Crippen molar-refractivity contribution >= 4 is 17.6 Å². The molecule has 2 heterocycles. The van der Waals surface area contributed by atoms with Crippen LogP contribution in [0.25, 0.3) is 0 Å². The average molecular weight is 302 g/mol. The Morgan fingerprint density at radius 1 is 1.23 bits per heavy atom. The van der Waals surface area contributed by atoms with Crippen LogP contribution in [0.15, 0.2) is 6.07 Å². The van der Waals surface area contributed by atoms with E-state index in [0.717, 1.165) is 43.0 Å². The standard InChI is InChI=1S/C16H26N6/c1-18-12-4-5-22(9-12)15-8-14(20-16(17)21-15)19-13-7-10-2-3-11(13)6-10/h8,10-13,18H,2-7,9H2,1H3,(H3,17,19,20,21). The van der Waals surface area contributed by atoms with Crippen LogP contribution in [0.4, 0.5) is 17.6 Å². The summed E-state index contributed by atoms with van der Waals surface area (Å²) in [5, 5.41) is 6.97. The van der Waals surface area contributed by atoms with Crippen LogP contribution in [-0.4, -0.2) is 42.2 Å². The van der Waals surface area contributed by atoms with Gasteiger partial charge in [0.25, 0.3) is 0 Å². The molecule has 0 amide bonds. The molecule has 2 saturated carbocycles. The van der Waals surface area contributed by atoms with Gasteiger partial charge < -0.3 is 21.3 Å². The molecule has 6 nitrogen and oxygen atoms in total. The number of nitrogens with one attached hydrogen (secondary N) is 2. The molecule has 120 valence electrons. The topological polar surface area (TPSA) is 79.1 Å². The zero-order chi connectivity index (χ0) is 15.1. The molecule has 1 aromatic rings. The molecular formula is C16H26N6. The van der Waals surface area contributed by atoms with Gasteiger partial charge in [0.1, 0.15) is 11.6 Å². The largest absolute Gasteiger partial charge is 0.368 e. The van der Waals surface area contributed by atoms with Crippen molar-refractivity contribution in [1.29, 1.82) is 0 Å². The number of aromatic nitrogens is 2. The number of likely N-dealkylation sites (N-methyl/N-ethyl adjacent to an activating group) is 1. The van der Waals surface area contributed by atoms with Gasteiger partial charge >= 0.3 is 0 Å². The number of rotatable bonds is 4. The lowest BCUT2D eigenvalue weighted by atomic mass is 9.95. The molecule has 3 fully saturated rings. The Balaban J connectivity index is 1.49. The van der Waals surface area contributed by atoms with Crippen molar-refractivity contribution in [2.45, 2.75) is 44.2 Å². The highest BCUT2D eigenvalue weighted by Gasteiger charge is 2.39. The number of fused-ring (bicyclic) bond motifs is 2. The number of hydrogen-bond donors (Lipinski definition) is 3. The summed E-state index contributed by atoms with van der Waals surface area (Å²) in [6.45, 7) is 2.01. The minimum atomic E-state index is 0.371. The first-order valence-electron chi connectivity index (χ1n) is 8.54. The number of nitrogens with zero attached hydrogens (tertiary/aromatic N) is 3. The molecule has 3 aliphatic rings. The molecule has 4 rings (SSSR count). The Bertz CT molecular complexity index is 547. The number of nitrogen functional groups attached to an aromatic ring is 1. The maximum absolute atomic E-state index is 5.94. The minimum absolute atomic E-state index is 0.371. The molecule has 2 aliphatic carbocycles. The second-order valence-electron chi connectivity index (χ2n) is 7.12. The van der Waals surface area contributed by atoms with Crippen molar-refractivity contribution in [1.82, 2.24) is 15.3 Å². The first-order valence-corrected chi connectivity index (χ1v) is 8.54. The van der Waals surface area contributed by atoms with Crippen LogP contribution in [0.5, 0.6) is 0 Å². The lowest BCUT2D eigenvalue weighted by Gasteiger charge is -2.24. The van der Waals surface area contributed by atoms with Crippen molar-refractivity contribution in [3.63, 3.8) is 0 Å². The summed E-state index contributed by atoms with van der Waals surface area (Å²) in [4.78, 5) is 11.1. The smallest absolute Gasteiger partial charge is 0.223 e. The Morgan fingerprint density at radius 2 is 2.14 bits per heavy atom. The van der Waals surface area contributed by atoms with Crippen molar-refractivity contribution in [2.24, 2.45) is 11.8 Å². The van der Waals surface area contributed by atoms with Crippen LogP contribution in [0.3, 0.4) is 0 Å². The van der Waals surface area contributed by atoms with Gasteiger partial charge in [-0.1, -0.05) is 6.42 Å². The molecule has 2 bridgehead atoms. The maximum atomic E-state index is 5.94. The molecule has 4 unspecified atom stereocenters. The average Bonchev–Trinajstić information content (AvgIpc) is 3.23. The summed E-state index contributed by atoms with van der Waals surface area (Å²) in [5.41, 5.74) is 5.94. The van der Waals surface area contributed by atoms with Crippen LogP contribution in [0.2, 0.25) is 0 Å². The van der Waals surface area contributed by atoms with E-state index in [2.05, 4.69) is 31.6 Å². The predicted molar refractivity (Wildman–Crippen MR) is 89.0 cm³/mol. The highest BCUT2D eigenvalue weighted by Crippen LogP contribution is 2.45. The van der Waals surface area contributed by atoms with Gasteiger partial charge in [0.2, 0.25) is 5.95 Å². The maximum Gasteiger partial charge on any atom is 0.223 e. The summed E-state index contributed by atoms with van der Waals surface area (Å²) in [5.74, 6) is 3.97. The molecule has 1 aliphatic heterocycles. The Labute approximate surface area is 131 Å². The van der Waals surface area contributed by atoms with Crippen molar-refractivity contribution in [3.05, 3.63) is 6.07 Å². The third-order valence-corrected chi connectivity index (χ3v) is 5.72. The first-order chi connectivity index (χ1) is 10.7. The Kier molecular flexibility index (Phi) is 3.56. The normalized spacial score (nSPS) is 33.6. The molecular weight excluding hydrogens is 276 g/mol. The Morgan fingerprint density at radius 3 is 2.82 bits per heavy atom. The molecule has 1 saturated heterocycles. The van der Waals surface area contributed by atoms with E-state index in [0.29, 0.717) is 18.0 Å². The second kappa shape index (κ2) is 5.57. The quantitative estimate of drug-likeness (QED) is 0.781. The van der Waals surface area contributed by atoms with Gasteiger partial charge in [-0.15, -0.1) is 0 Å². The minimum Gasteiger partial charge on any atom is -0.368 e. The zero-order valence-electron chi connectivity index (χ0n) is 13.3. The molecule has 0 radical (unpaired) electrons. The van der Waals surface area contributed by atoms with Crippen LogP contribution in [0, 0.1) is 11.8 Å². The fraction of sp³-hybridized carbons (Fsp3) is 0.750. The van der Waals surface area contributed by atoms with E-state index >= 15 is 0 Å². The number of hydrogen-bond acceptors (Lipinski definition) is 6. The SMILES string of the molecule is CNC1CCN(c2cc(NC3CC4CCC3C4)nc(N)n2)C1. The lowest BCUT2D eigenvalue weighted by Crippen LogP contribution is -2.30. The van der Waals surface area contributed by atoms with Crippen molar-refractivity contribution < 1.29 is 0 Å². The third-order valence-electron chi connectivity index (χ3n) is 5.72. The van der Waals surface area contributed by atoms with Crippen LogP contribution in [0.1, 0.15) is 32.1 Å². The fourth-order valence-electron chi connectivity index (χ4n) is 4.50. The summed E-state index contributed by atoms with van der Waals surface area (Å²) in [7, 11) is 2.02. The van der Waals surface area contributed by atoms with Gasteiger partial charge in [-0.3, -0.25) is 0 Å². The summed E-state index contributed by atoms with van der Waals surface area (Å²) in [6.07, 6.45) is 6.61.